The molecule has 6 heteroatoms. The third-order valence-corrected chi connectivity index (χ3v) is 5.14. The van der Waals surface area contributed by atoms with Crippen LogP contribution in [-0.2, 0) is 4.74 Å². The average molecular weight is 381 g/mol. The van der Waals surface area contributed by atoms with Gasteiger partial charge in [0.25, 0.3) is 5.91 Å². The van der Waals surface area contributed by atoms with Gasteiger partial charge in [-0.1, -0.05) is 30.3 Å². The number of aryl methyl sites for hydroxylation is 1. The first-order valence-electron chi connectivity index (χ1n) is 8.27. The minimum atomic E-state index is -0.483. The van der Waals surface area contributed by atoms with E-state index in [-0.39, 0.29) is 5.91 Å². The molecule has 0 fully saturated rings. The highest BCUT2D eigenvalue weighted by Gasteiger charge is 2.25. The SMILES string of the molecule is COC(=O)c1c(NC(=O)c2ccc(OC)cc2)sc(C)c1-c1ccccc1. The van der Waals surface area contributed by atoms with Crippen LogP contribution in [0.25, 0.3) is 11.1 Å². The van der Waals surface area contributed by atoms with Gasteiger partial charge in [0.1, 0.15) is 16.3 Å². The Labute approximate surface area is 161 Å². The van der Waals surface area contributed by atoms with Crippen LogP contribution < -0.4 is 10.1 Å². The Kier molecular flexibility index (Phi) is 5.57. The molecule has 0 spiro atoms. The number of thiophene rings is 1. The number of ether oxygens (including phenoxy) is 2. The largest absolute Gasteiger partial charge is 0.497 e. The third kappa shape index (κ3) is 3.85. The second-order valence-corrected chi connectivity index (χ2v) is 7.00. The summed E-state index contributed by atoms with van der Waals surface area (Å²) in [6.07, 6.45) is 0. The molecule has 0 aliphatic carbocycles. The van der Waals surface area contributed by atoms with Crippen LogP contribution in [0.3, 0.4) is 0 Å². The van der Waals surface area contributed by atoms with Crippen molar-refractivity contribution in [1.82, 2.24) is 0 Å². The van der Waals surface area contributed by atoms with Crippen LogP contribution in [0.4, 0.5) is 5.00 Å². The zero-order chi connectivity index (χ0) is 19.4. The topological polar surface area (TPSA) is 64.6 Å². The summed E-state index contributed by atoms with van der Waals surface area (Å²) in [4.78, 5) is 26.0. The number of nitrogens with one attached hydrogen (secondary N) is 1. The van der Waals surface area contributed by atoms with E-state index in [1.54, 1.807) is 31.4 Å². The zero-order valence-electron chi connectivity index (χ0n) is 15.2. The molecule has 0 unspecified atom stereocenters. The summed E-state index contributed by atoms with van der Waals surface area (Å²) in [6, 6.07) is 16.3. The molecule has 5 nitrogen and oxygen atoms in total. The van der Waals surface area contributed by atoms with Gasteiger partial charge in [0, 0.05) is 16.0 Å². The second-order valence-electron chi connectivity index (χ2n) is 5.78. The molecule has 27 heavy (non-hydrogen) atoms. The molecule has 3 rings (SSSR count). The average Bonchev–Trinajstić information content (AvgIpc) is 3.03. The number of methoxy groups -OCH3 is 2. The normalized spacial score (nSPS) is 10.3. The van der Waals surface area contributed by atoms with Crippen LogP contribution in [0.1, 0.15) is 25.6 Å². The van der Waals surface area contributed by atoms with E-state index in [9.17, 15) is 9.59 Å². The van der Waals surface area contributed by atoms with Gasteiger partial charge in [-0.05, 0) is 36.8 Å². The van der Waals surface area contributed by atoms with Gasteiger partial charge in [0.05, 0.1) is 14.2 Å². The van der Waals surface area contributed by atoms with E-state index < -0.39 is 5.97 Å². The number of rotatable bonds is 5. The zero-order valence-corrected chi connectivity index (χ0v) is 16.1. The molecule has 1 N–H and O–H groups in total. The molecule has 1 heterocycles. The van der Waals surface area contributed by atoms with Gasteiger partial charge in [-0.3, -0.25) is 4.79 Å². The maximum Gasteiger partial charge on any atom is 0.341 e. The van der Waals surface area contributed by atoms with Crippen LogP contribution in [0, 0.1) is 6.92 Å². The first-order chi connectivity index (χ1) is 13.0. The Bertz CT molecular complexity index is 962. The quantitative estimate of drug-likeness (QED) is 0.647. The van der Waals surface area contributed by atoms with Crippen LogP contribution in [0.15, 0.2) is 54.6 Å². The number of hydrogen-bond donors (Lipinski definition) is 1. The van der Waals surface area contributed by atoms with Crippen LogP contribution in [0.2, 0.25) is 0 Å². The molecule has 1 amide bonds. The monoisotopic (exact) mass is 381 g/mol. The van der Waals surface area contributed by atoms with Crippen molar-refractivity contribution in [1.29, 1.82) is 0 Å². The van der Waals surface area contributed by atoms with Crippen molar-refractivity contribution in [2.24, 2.45) is 0 Å². The summed E-state index contributed by atoms with van der Waals surface area (Å²) < 4.78 is 10.1. The van der Waals surface area contributed by atoms with Gasteiger partial charge in [-0.15, -0.1) is 11.3 Å². The summed E-state index contributed by atoms with van der Waals surface area (Å²) in [6.45, 7) is 1.92. The van der Waals surface area contributed by atoms with Crippen LogP contribution in [0.5, 0.6) is 5.75 Å². The summed E-state index contributed by atoms with van der Waals surface area (Å²) in [5, 5.41) is 3.32. The minimum absolute atomic E-state index is 0.302. The maximum atomic E-state index is 12.6. The summed E-state index contributed by atoms with van der Waals surface area (Å²) >= 11 is 1.35. The molecule has 2 aromatic carbocycles. The van der Waals surface area contributed by atoms with Gasteiger partial charge in [-0.2, -0.15) is 0 Å². The number of benzene rings is 2. The van der Waals surface area contributed by atoms with E-state index in [1.807, 2.05) is 37.3 Å². The van der Waals surface area contributed by atoms with Crippen molar-refractivity contribution < 1.29 is 19.1 Å². The lowest BCUT2D eigenvalue weighted by molar-refractivity contribution is 0.0603. The number of esters is 1. The van der Waals surface area contributed by atoms with E-state index in [4.69, 9.17) is 9.47 Å². The number of carbonyl (C=O) groups is 2. The molecule has 0 atom stereocenters. The molecule has 0 saturated heterocycles. The molecular formula is C21H19NO4S. The van der Waals surface area contributed by atoms with Gasteiger partial charge < -0.3 is 14.8 Å². The van der Waals surface area contributed by atoms with E-state index >= 15 is 0 Å². The van der Waals surface area contributed by atoms with Crippen molar-refractivity contribution in [2.45, 2.75) is 6.92 Å². The van der Waals surface area contributed by atoms with E-state index in [1.165, 1.54) is 18.4 Å². The second kappa shape index (κ2) is 8.05. The Morgan fingerprint density at radius 1 is 0.963 bits per heavy atom. The predicted molar refractivity (Wildman–Crippen MR) is 107 cm³/mol. The van der Waals surface area contributed by atoms with E-state index in [0.717, 1.165) is 16.0 Å². The number of anilines is 1. The van der Waals surface area contributed by atoms with Crippen molar-refractivity contribution in [2.75, 3.05) is 19.5 Å². The highest BCUT2D eigenvalue weighted by molar-refractivity contribution is 7.17. The maximum absolute atomic E-state index is 12.6. The fourth-order valence-electron chi connectivity index (χ4n) is 2.80. The highest BCUT2D eigenvalue weighted by Crippen LogP contribution is 2.40. The summed E-state index contributed by atoms with van der Waals surface area (Å²) in [5.74, 6) is -0.118. The summed E-state index contributed by atoms with van der Waals surface area (Å²) in [7, 11) is 2.90. The predicted octanol–water partition coefficient (Wildman–Crippen LogP) is 4.77. The molecule has 3 aromatic rings. The van der Waals surface area contributed by atoms with Gasteiger partial charge in [-0.25, -0.2) is 4.79 Å². The molecular weight excluding hydrogens is 362 g/mol. The van der Waals surface area contributed by atoms with Gasteiger partial charge >= 0.3 is 5.97 Å². The molecule has 0 aliphatic heterocycles. The number of hydrogen-bond acceptors (Lipinski definition) is 5. The van der Waals surface area contributed by atoms with Gasteiger partial charge in [0.15, 0.2) is 0 Å². The molecule has 0 radical (unpaired) electrons. The molecule has 1 aromatic heterocycles. The van der Waals surface area contributed by atoms with E-state index in [0.29, 0.717) is 21.9 Å². The fraction of sp³-hybridized carbons (Fsp3) is 0.143. The Hall–Kier alpha value is -3.12. The fourth-order valence-corrected chi connectivity index (χ4v) is 3.86. The lowest BCUT2D eigenvalue weighted by atomic mass is 10.0. The first kappa shape index (κ1) is 18.7. The van der Waals surface area contributed by atoms with Crippen molar-refractivity contribution in [3.8, 4) is 16.9 Å². The Morgan fingerprint density at radius 3 is 2.22 bits per heavy atom. The van der Waals surface area contributed by atoms with Gasteiger partial charge in [0.2, 0.25) is 0 Å². The Balaban J connectivity index is 2.00. The minimum Gasteiger partial charge on any atom is -0.497 e. The van der Waals surface area contributed by atoms with Crippen molar-refractivity contribution >= 4 is 28.2 Å². The first-order valence-corrected chi connectivity index (χ1v) is 9.09. The highest BCUT2D eigenvalue weighted by atomic mass is 32.1. The summed E-state index contributed by atoms with van der Waals surface area (Å²) in [5.41, 5.74) is 2.51. The van der Waals surface area contributed by atoms with Crippen LogP contribution >= 0.6 is 11.3 Å². The molecule has 0 bridgehead atoms. The third-order valence-electron chi connectivity index (χ3n) is 4.12. The van der Waals surface area contributed by atoms with Crippen LogP contribution in [-0.4, -0.2) is 26.1 Å². The number of carbonyl (C=O) groups excluding carboxylic acids is 2. The number of amides is 1. The van der Waals surface area contributed by atoms with Crippen molar-refractivity contribution in [3.63, 3.8) is 0 Å². The molecule has 0 aliphatic rings. The van der Waals surface area contributed by atoms with E-state index in [2.05, 4.69) is 5.32 Å². The smallest absolute Gasteiger partial charge is 0.341 e. The van der Waals surface area contributed by atoms with Crippen molar-refractivity contribution in [3.05, 3.63) is 70.6 Å². The molecule has 0 saturated carbocycles. The standard InChI is InChI=1S/C21H19NO4S/c1-13-17(14-7-5-4-6-8-14)18(21(24)26-3)20(27-13)22-19(23)15-9-11-16(25-2)12-10-15/h4-12H,1-3H3,(H,22,23). The lowest BCUT2D eigenvalue weighted by Crippen LogP contribution is -2.14. The lowest BCUT2D eigenvalue weighted by Gasteiger charge is -2.08. The molecule has 138 valence electrons. The Morgan fingerprint density at radius 2 is 1.63 bits per heavy atom.